The number of rotatable bonds is 6. The Balaban J connectivity index is 2.04. The molecule has 0 aliphatic rings. The van der Waals surface area contributed by atoms with E-state index in [2.05, 4.69) is 15.6 Å². The van der Waals surface area contributed by atoms with Crippen LogP contribution in [-0.2, 0) is 9.53 Å². The average Bonchev–Trinajstić information content (AvgIpc) is 3.07. The Hall–Kier alpha value is -3.00. The second-order valence-electron chi connectivity index (χ2n) is 7.30. The number of hydrogen-bond acceptors (Lipinski definition) is 6. The number of ketones is 1. The lowest BCUT2D eigenvalue weighted by atomic mass is 9.99. The number of nitrogens with zero attached hydrogens (tertiary/aromatic N) is 1. The Labute approximate surface area is 174 Å². The van der Waals surface area contributed by atoms with Crippen LogP contribution >= 0.6 is 11.3 Å². The van der Waals surface area contributed by atoms with Gasteiger partial charge in [0.25, 0.3) is 0 Å². The summed E-state index contributed by atoms with van der Waals surface area (Å²) in [4.78, 5) is 40.0. The van der Waals surface area contributed by atoms with Crippen LogP contribution in [-0.4, -0.2) is 34.9 Å². The molecule has 0 aliphatic carbocycles. The normalized spacial score (nSPS) is 11.3. The first kappa shape index (κ1) is 22.3. The molecule has 2 rings (SSSR count). The fourth-order valence-corrected chi connectivity index (χ4v) is 3.18. The van der Waals surface area contributed by atoms with Crippen LogP contribution in [0.4, 0.5) is 9.93 Å². The molecular weight excluding hydrogens is 390 g/mol. The topological polar surface area (TPSA) is 97.4 Å². The molecular formula is C21H25N3O4S. The van der Waals surface area contributed by atoms with E-state index in [0.717, 1.165) is 11.1 Å². The van der Waals surface area contributed by atoms with Crippen molar-refractivity contribution < 1.29 is 19.1 Å². The molecule has 8 heteroatoms. The predicted octanol–water partition coefficient (Wildman–Crippen LogP) is 4.51. The third-order valence-corrected chi connectivity index (χ3v) is 4.38. The minimum absolute atomic E-state index is 0.0306. The van der Waals surface area contributed by atoms with E-state index in [0.29, 0.717) is 16.4 Å². The lowest BCUT2D eigenvalue weighted by Crippen LogP contribution is -2.37. The molecule has 29 heavy (non-hydrogen) atoms. The van der Waals surface area contributed by atoms with Crippen LogP contribution in [0.2, 0.25) is 0 Å². The van der Waals surface area contributed by atoms with Gasteiger partial charge in [-0.3, -0.25) is 9.59 Å². The fraction of sp³-hybridized carbons (Fsp3) is 0.333. The van der Waals surface area contributed by atoms with Gasteiger partial charge in [0.2, 0.25) is 5.91 Å². The molecule has 0 saturated heterocycles. The number of carbonyl (C=O) groups is 3. The highest BCUT2D eigenvalue weighted by atomic mass is 32.1. The zero-order valence-electron chi connectivity index (χ0n) is 17.2. The number of nitrogens with one attached hydrogen (secondary N) is 2. The number of anilines is 1. The highest BCUT2D eigenvalue weighted by Crippen LogP contribution is 2.27. The van der Waals surface area contributed by atoms with Crippen molar-refractivity contribution in [3.63, 3.8) is 0 Å². The molecule has 0 radical (unpaired) electrons. The summed E-state index contributed by atoms with van der Waals surface area (Å²) in [6.45, 7) is 8.42. The molecule has 0 unspecified atom stereocenters. The first-order valence-corrected chi connectivity index (χ1v) is 9.97. The SMILES string of the molecule is C/C=C\c1ccc(-c2csc(NC(=O)CNC(=O)OC(C)(C)C)n2)cc1C(C)=O. The van der Waals surface area contributed by atoms with E-state index in [4.69, 9.17) is 4.74 Å². The third kappa shape index (κ3) is 6.83. The van der Waals surface area contributed by atoms with Crippen molar-refractivity contribution >= 4 is 40.3 Å². The van der Waals surface area contributed by atoms with E-state index < -0.39 is 17.6 Å². The molecule has 0 bridgehead atoms. The quantitative estimate of drug-likeness (QED) is 0.677. The maximum absolute atomic E-state index is 12.0. The standard InChI is InChI=1S/C21H25N3O4S/c1-6-7-14-8-9-15(10-16(14)13(2)25)17-12-29-19(23-17)24-18(26)11-22-20(27)28-21(3,4)5/h6-10,12H,11H2,1-5H3,(H,22,27)(H,23,24,26)/b7-6-. The zero-order valence-corrected chi connectivity index (χ0v) is 18.0. The number of Topliss-reactive ketones (excluding diaryl/α,β-unsaturated/α-hetero) is 1. The molecule has 0 atom stereocenters. The number of alkyl carbamates (subject to hydrolysis) is 1. The van der Waals surface area contributed by atoms with E-state index in [-0.39, 0.29) is 12.3 Å². The lowest BCUT2D eigenvalue weighted by Gasteiger charge is -2.19. The van der Waals surface area contributed by atoms with Gasteiger partial charge in [-0.05, 0) is 46.2 Å². The summed E-state index contributed by atoms with van der Waals surface area (Å²) in [6.07, 6.45) is 3.10. The summed E-state index contributed by atoms with van der Waals surface area (Å²) in [5, 5.41) is 7.23. The molecule has 7 nitrogen and oxygen atoms in total. The van der Waals surface area contributed by atoms with Crippen molar-refractivity contribution in [3.8, 4) is 11.3 Å². The van der Waals surface area contributed by atoms with Gasteiger partial charge in [-0.15, -0.1) is 11.3 Å². The van der Waals surface area contributed by atoms with Gasteiger partial charge in [0.05, 0.1) is 5.69 Å². The second kappa shape index (κ2) is 9.47. The van der Waals surface area contributed by atoms with Crippen LogP contribution in [0.15, 0.2) is 29.7 Å². The van der Waals surface area contributed by atoms with E-state index in [1.807, 2.05) is 31.2 Å². The van der Waals surface area contributed by atoms with E-state index in [1.54, 1.807) is 32.2 Å². The van der Waals surface area contributed by atoms with E-state index in [1.165, 1.54) is 18.3 Å². The molecule has 2 amide bonds. The molecule has 0 fully saturated rings. The van der Waals surface area contributed by atoms with Crippen LogP contribution in [0.5, 0.6) is 0 Å². The van der Waals surface area contributed by atoms with Crippen molar-refractivity contribution in [1.29, 1.82) is 0 Å². The molecule has 0 saturated carbocycles. The largest absolute Gasteiger partial charge is 0.444 e. The summed E-state index contributed by atoms with van der Waals surface area (Å²) >= 11 is 1.26. The van der Waals surface area contributed by atoms with Crippen molar-refractivity contribution in [3.05, 3.63) is 40.8 Å². The molecule has 1 aromatic heterocycles. The minimum Gasteiger partial charge on any atom is -0.444 e. The molecule has 1 aromatic carbocycles. The third-order valence-electron chi connectivity index (χ3n) is 3.62. The number of amides is 2. The first-order valence-electron chi connectivity index (χ1n) is 9.09. The Bertz CT molecular complexity index is 942. The summed E-state index contributed by atoms with van der Waals surface area (Å²) in [6, 6.07) is 5.54. The first-order chi connectivity index (χ1) is 13.6. The van der Waals surface area contributed by atoms with E-state index in [9.17, 15) is 14.4 Å². The van der Waals surface area contributed by atoms with Crippen LogP contribution in [0, 0.1) is 0 Å². The lowest BCUT2D eigenvalue weighted by molar-refractivity contribution is -0.115. The zero-order chi connectivity index (χ0) is 21.6. The van der Waals surface area contributed by atoms with Gasteiger partial charge < -0.3 is 15.4 Å². The van der Waals surface area contributed by atoms with Gasteiger partial charge in [-0.25, -0.2) is 9.78 Å². The number of allylic oxidation sites excluding steroid dienone is 1. The maximum Gasteiger partial charge on any atom is 0.408 e. The predicted molar refractivity (Wildman–Crippen MR) is 115 cm³/mol. The van der Waals surface area contributed by atoms with Crippen LogP contribution < -0.4 is 10.6 Å². The van der Waals surface area contributed by atoms with Gasteiger partial charge in [-0.2, -0.15) is 0 Å². The van der Waals surface area contributed by atoms with Gasteiger partial charge in [0, 0.05) is 16.5 Å². The smallest absolute Gasteiger partial charge is 0.408 e. The Morgan fingerprint density at radius 2 is 1.97 bits per heavy atom. The van der Waals surface area contributed by atoms with E-state index >= 15 is 0 Å². The fourth-order valence-electron chi connectivity index (χ4n) is 2.44. The summed E-state index contributed by atoms with van der Waals surface area (Å²) in [5.41, 5.74) is 2.26. The Morgan fingerprint density at radius 3 is 2.59 bits per heavy atom. The van der Waals surface area contributed by atoms with Crippen molar-refractivity contribution in [2.75, 3.05) is 11.9 Å². The van der Waals surface area contributed by atoms with Gasteiger partial charge in [-0.1, -0.05) is 24.3 Å². The number of hydrogen-bond donors (Lipinski definition) is 2. The highest BCUT2D eigenvalue weighted by Gasteiger charge is 2.17. The monoisotopic (exact) mass is 415 g/mol. The van der Waals surface area contributed by atoms with Crippen LogP contribution in [0.3, 0.4) is 0 Å². The average molecular weight is 416 g/mol. The number of aromatic nitrogens is 1. The minimum atomic E-state index is -0.662. The van der Waals surface area contributed by atoms with Crippen molar-refractivity contribution in [2.45, 2.75) is 40.2 Å². The Kier molecular flexibility index (Phi) is 7.28. The van der Waals surface area contributed by atoms with Gasteiger partial charge in [0.15, 0.2) is 10.9 Å². The van der Waals surface area contributed by atoms with Gasteiger partial charge >= 0.3 is 6.09 Å². The molecule has 2 aromatic rings. The summed E-state index contributed by atoms with van der Waals surface area (Å²) in [5.74, 6) is -0.443. The summed E-state index contributed by atoms with van der Waals surface area (Å²) in [7, 11) is 0. The van der Waals surface area contributed by atoms with Crippen LogP contribution in [0.1, 0.15) is 50.5 Å². The number of benzene rings is 1. The molecule has 2 N–H and O–H groups in total. The molecule has 1 heterocycles. The number of thiazole rings is 1. The van der Waals surface area contributed by atoms with Gasteiger partial charge in [0.1, 0.15) is 12.1 Å². The molecule has 0 aliphatic heterocycles. The van der Waals surface area contributed by atoms with Crippen LogP contribution in [0.25, 0.3) is 17.3 Å². The Morgan fingerprint density at radius 1 is 1.24 bits per heavy atom. The number of carbonyl (C=O) groups excluding carboxylic acids is 3. The van der Waals surface area contributed by atoms with Crippen molar-refractivity contribution in [2.24, 2.45) is 0 Å². The second-order valence-corrected chi connectivity index (χ2v) is 8.16. The molecule has 154 valence electrons. The highest BCUT2D eigenvalue weighted by molar-refractivity contribution is 7.14. The molecule has 0 spiro atoms. The number of ether oxygens (including phenoxy) is 1. The maximum atomic E-state index is 12.0. The van der Waals surface area contributed by atoms with Crippen molar-refractivity contribution in [1.82, 2.24) is 10.3 Å². The summed E-state index contributed by atoms with van der Waals surface area (Å²) < 4.78 is 5.08.